The van der Waals surface area contributed by atoms with E-state index in [1.807, 2.05) is 19.1 Å². The number of nitrogens with zero attached hydrogens (tertiary/aromatic N) is 3. The molecule has 0 amide bonds. The highest BCUT2D eigenvalue weighted by atomic mass is 79.9. The number of halogens is 1. The molecule has 2 aromatic rings. The van der Waals surface area contributed by atoms with Gasteiger partial charge in [-0.25, -0.2) is 0 Å². The van der Waals surface area contributed by atoms with Gasteiger partial charge in [0.05, 0.1) is 4.83 Å². The highest BCUT2D eigenvalue weighted by Gasteiger charge is 2.14. The van der Waals surface area contributed by atoms with Crippen LogP contribution in [0.5, 0.6) is 0 Å². The molecule has 78 valence electrons. The summed E-state index contributed by atoms with van der Waals surface area (Å²) in [7, 11) is 0. The molecular formula is C10H10BrN3O. The first-order valence-electron chi connectivity index (χ1n) is 4.69. The van der Waals surface area contributed by atoms with Crippen molar-refractivity contribution in [2.24, 2.45) is 0 Å². The zero-order valence-electron chi connectivity index (χ0n) is 8.22. The van der Waals surface area contributed by atoms with Gasteiger partial charge in [-0.3, -0.25) is 4.98 Å². The Morgan fingerprint density at radius 1 is 1.53 bits per heavy atom. The van der Waals surface area contributed by atoms with Gasteiger partial charge in [0.25, 0.3) is 0 Å². The van der Waals surface area contributed by atoms with E-state index in [1.54, 1.807) is 12.4 Å². The Morgan fingerprint density at radius 2 is 2.40 bits per heavy atom. The van der Waals surface area contributed by atoms with Gasteiger partial charge >= 0.3 is 0 Å². The van der Waals surface area contributed by atoms with Gasteiger partial charge < -0.3 is 4.52 Å². The lowest BCUT2D eigenvalue weighted by Crippen LogP contribution is -1.87. The van der Waals surface area contributed by atoms with E-state index in [0.717, 1.165) is 12.0 Å². The zero-order chi connectivity index (χ0) is 10.7. The van der Waals surface area contributed by atoms with E-state index in [4.69, 9.17) is 4.52 Å². The van der Waals surface area contributed by atoms with Crippen LogP contribution in [-0.2, 0) is 0 Å². The van der Waals surface area contributed by atoms with Crippen LogP contribution in [0.15, 0.2) is 29.0 Å². The first-order chi connectivity index (χ1) is 7.31. The summed E-state index contributed by atoms with van der Waals surface area (Å²) in [4.78, 5) is 8.41. The average molecular weight is 268 g/mol. The second-order valence-electron chi connectivity index (χ2n) is 3.07. The molecule has 2 rings (SSSR count). The lowest BCUT2D eigenvalue weighted by Gasteiger charge is -1.96. The zero-order valence-corrected chi connectivity index (χ0v) is 9.81. The monoisotopic (exact) mass is 267 g/mol. The highest BCUT2D eigenvalue weighted by Crippen LogP contribution is 2.26. The van der Waals surface area contributed by atoms with Gasteiger partial charge in [-0.05, 0) is 18.6 Å². The van der Waals surface area contributed by atoms with Crippen LogP contribution in [0, 0.1) is 0 Å². The van der Waals surface area contributed by atoms with Crippen molar-refractivity contribution in [2.75, 3.05) is 0 Å². The fourth-order valence-electron chi connectivity index (χ4n) is 1.15. The molecule has 0 saturated heterocycles. The average Bonchev–Trinajstić information content (AvgIpc) is 2.78. The number of hydrogen-bond donors (Lipinski definition) is 0. The predicted molar refractivity (Wildman–Crippen MR) is 59.5 cm³/mol. The van der Waals surface area contributed by atoms with Crippen LogP contribution in [0.25, 0.3) is 11.4 Å². The van der Waals surface area contributed by atoms with E-state index < -0.39 is 0 Å². The van der Waals surface area contributed by atoms with Gasteiger partial charge in [-0.2, -0.15) is 4.98 Å². The standard InChI is InChI=1S/C10H10BrN3O/c1-2-8(11)10-13-9(14-15-10)7-4-3-5-12-6-7/h3-6,8H,2H2,1H3. The maximum absolute atomic E-state index is 5.14. The molecule has 4 nitrogen and oxygen atoms in total. The summed E-state index contributed by atoms with van der Waals surface area (Å²) < 4.78 is 5.14. The van der Waals surface area contributed by atoms with Crippen molar-refractivity contribution < 1.29 is 4.52 Å². The molecule has 1 unspecified atom stereocenters. The van der Waals surface area contributed by atoms with Crippen LogP contribution in [0.1, 0.15) is 24.1 Å². The lowest BCUT2D eigenvalue weighted by molar-refractivity contribution is 0.377. The van der Waals surface area contributed by atoms with Crippen molar-refractivity contribution in [2.45, 2.75) is 18.2 Å². The number of rotatable bonds is 3. The molecule has 0 aliphatic heterocycles. The Bertz CT molecular complexity index is 429. The summed E-state index contributed by atoms with van der Waals surface area (Å²) in [5.74, 6) is 1.19. The number of aromatic nitrogens is 3. The quantitative estimate of drug-likeness (QED) is 0.803. The fourth-order valence-corrected chi connectivity index (χ4v) is 1.34. The second-order valence-corrected chi connectivity index (χ2v) is 4.18. The van der Waals surface area contributed by atoms with E-state index in [9.17, 15) is 0 Å². The smallest absolute Gasteiger partial charge is 0.240 e. The minimum Gasteiger partial charge on any atom is -0.338 e. The van der Waals surface area contributed by atoms with E-state index in [-0.39, 0.29) is 4.83 Å². The van der Waals surface area contributed by atoms with Crippen LogP contribution >= 0.6 is 15.9 Å². The van der Waals surface area contributed by atoms with E-state index in [2.05, 4.69) is 31.1 Å². The number of alkyl halides is 1. The molecule has 15 heavy (non-hydrogen) atoms. The van der Waals surface area contributed by atoms with Crippen molar-refractivity contribution in [3.05, 3.63) is 30.4 Å². The van der Waals surface area contributed by atoms with Gasteiger partial charge in [0.15, 0.2) is 0 Å². The molecule has 2 heterocycles. The summed E-state index contributed by atoms with van der Waals surface area (Å²) in [6.07, 6.45) is 4.34. The second kappa shape index (κ2) is 4.53. The predicted octanol–water partition coefficient (Wildman–Crippen LogP) is 2.98. The molecule has 1 atom stereocenters. The molecule has 0 aliphatic rings. The van der Waals surface area contributed by atoms with Crippen molar-refractivity contribution >= 4 is 15.9 Å². The van der Waals surface area contributed by atoms with Crippen molar-refractivity contribution in [1.29, 1.82) is 0 Å². The van der Waals surface area contributed by atoms with Crippen LogP contribution in [0.3, 0.4) is 0 Å². The SMILES string of the molecule is CCC(Br)c1nc(-c2cccnc2)no1. The van der Waals surface area contributed by atoms with Gasteiger partial charge in [-0.15, -0.1) is 0 Å². The maximum atomic E-state index is 5.14. The Labute approximate surface area is 95.9 Å². The molecule has 0 N–H and O–H groups in total. The molecule has 0 saturated carbocycles. The Hall–Kier alpha value is -1.23. The van der Waals surface area contributed by atoms with Crippen LogP contribution in [0.4, 0.5) is 0 Å². The Balaban J connectivity index is 2.28. The summed E-state index contributed by atoms with van der Waals surface area (Å²) in [5.41, 5.74) is 0.864. The van der Waals surface area contributed by atoms with Crippen LogP contribution < -0.4 is 0 Å². The summed E-state index contributed by atoms with van der Waals surface area (Å²) >= 11 is 3.46. The molecule has 2 aromatic heterocycles. The number of hydrogen-bond acceptors (Lipinski definition) is 4. The van der Waals surface area contributed by atoms with E-state index in [0.29, 0.717) is 11.7 Å². The summed E-state index contributed by atoms with van der Waals surface area (Å²) in [6.45, 7) is 2.05. The van der Waals surface area contributed by atoms with Crippen LogP contribution in [0.2, 0.25) is 0 Å². The van der Waals surface area contributed by atoms with Crippen LogP contribution in [-0.4, -0.2) is 15.1 Å². The van der Waals surface area contributed by atoms with Gasteiger partial charge in [0.2, 0.25) is 11.7 Å². The maximum Gasteiger partial charge on any atom is 0.240 e. The van der Waals surface area contributed by atoms with Gasteiger partial charge in [-0.1, -0.05) is 28.0 Å². The third-order valence-electron chi connectivity index (χ3n) is 1.99. The third-order valence-corrected chi connectivity index (χ3v) is 3.03. The minimum atomic E-state index is 0.121. The molecule has 0 spiro atoms. The molecular weight excluding hydrogens is 258 g/mol. The minimum absolute atomic E-state index is 0.121. The van der Waals surface area contributed by atoms with E-state index >= 15 is 0 Å². The number of pyridine rings is 1. The normalized spacial score (nSPS) is 12.7. The van der Waals surface area contributed by atoms with E-state index in [1.165, 1.54) is 0 Å². The molecule has 0 aromatic carbocycles. The molecule has 0 aliphatic carbocycles. The third kappa shape index (κ3) is 2.23. The fraction of sp³-hybridized carbons (Fsp3) is 0.300. The van der Waals surface area contributed by atoms with Gasteiger partial charge in [0.1, 0.15) is 0 Å². The topological polar surface area (TPSA) is 51.8 Å². The van der Waals surface area contributed by atoms with Crippen molar-refractivity contribution in [3.8, 4) is 11.4 Å². The largest absolute Gasteiger partial charge is 0.338 e. The Morgan fingerprint density at radius 3 is 3.07 bits per heavy atom. The highest BCUT2D eigenvalue weighted by molar-refractivity contribution is 9.09. The lowest BCUT2D eigenvalue weighted by atomic mass is 10.3. The molecule has 0 radical (unpaired) electrons. The summed E-state index contributed by atoms with van der Waals surface area (Å²) in [6, 6.07) is 3.74. The summed E-state index contributed by atoms with van der Waals surface area (Å²) in [5, 5.41) is 3.90. The van der Waals surface area contributed by atoms with Crippen molar-refractivity contribution in [3.63, 3.8) is 0 Å². The Kier molecular flexibility index (Phi) is 3.11. The van der Waals surface area contributed by atoms with Gasteiger partial charge in [0, 0.05) is 18.0 Å². The van der Waals surface area contributed by atoms with Crippen molar-refractivity contribution in [1.82, 2.24) is 15.1 Å². The molecule has 5 heteroatoms. The molecule has 0 fully saturated rings. The first kappa shape index (κ1) is 10.3. The first-order valence-corrected chi connectivity index (χ1v) is 5.61. The molecule has 0 bridgehead atoms.